The Morgan fingerprint density at radius 3 is 2.14 bits per heavy atom. The van der Waals surface area contributed by atoms with Crippen LogP contribution in [0.1, 0.15) is 24.0 Å². The topological polar surface area (TPSA) is 182 Å². The SMILES string of the molecule is NC(CO)C(=O)NC(Cc1ccccc1)C(=O)NC(Cc1ccc(O)cc1)C(=O)N1CCCC1C(=O)O. The normalized spacial score (nSPS) is 17.5. The van der Waals surface area contributed by atoms with Crippen LogP contribution in [-0.4, -0.2) is 81.2 Å². The summed E-state index contributed by atoms with van der Waals surface area (Å²) < 4.78 is 0. The molecule has 0 radical (unpaired) electrons. The van der Waals surface area contributed by atoms with E-state index in [1.165, 1.54) is 17.0 Å². The average Bonchev–Trinajstić information content (AvgIpc) is 3.39. The van der Waals surface area contributed by atoms with Crippen molar-refractivity contribution in [3.05, 3.63) is 65.7 Å². The fourth-order valence-electron chi connectivity index (χ4n) is 4.25. The van der Waals surface area contributed by atoms with Gasteiger partial charge in [-0.25, -0.2) is 4.79 Å². The number of hydrogen-bond acceptors (Lipinski definition) is 7. The van der Waals surface area contributed by atoms with Gasteiger partial charge in [-0.05, 0) is 36.1 Å². The lowest BCUT2D eigenvalue weighted by molar-refractivity contribution is -0.149. The molecule has 2 aromatic rings. The van der Waals surface area contributed by atoms with Gasteiger partial charge in [-0.1, -0.05) is 42.5 Å². The van der Waals surface area contributed by atoms with Crippen molar-refractivity contribution in [3.8, 4) is 5.75 Å². The maximum Gasteiger partial charge on any atom is 0.326 e. The van der Waals surface area contributed by atoms with Gasteiger partial charge in [0.15, 0.2) is 0 Å². The number of aliphatic carboxylic acids is 1. The number of rotatable bonds is 11. The third-order valence-corrected chi connectivity index (χ3v) is 6.26. The van der Waals surface area contributed by atoms with E-state index in [2.05, 4.69) is 10.6 Å². The monoisotopic (exact) mass is 512 g/mol. The summed E-state index contributed by atoms with van der Waals surface area (Å²) in [6, 6.07) is 10.6. The number of nitrogens with two attached hydrogens (primary N) is 1. The Balaban J connectivity index is 1.86. The smallest absolute Gasteiger partial charge is 0.326 e. The Morgan fingerprint density at radius 1 is 0.919 bits per heavy atom. The number of likely N-dealkylation sites (tertiary alicyclic amines) is 1. The van der Waals surface area contributed by atoms with Crippen molar-refractivity contribution in [2.24, 2.45) is 5.73 Å². The fraction of sp³-hybridized carbons (Fsp3) is 0.385. The molecule has 11 nitrogen and oxygen atoms in total. The molecule has 7 N–H and O–H groups in total. The molecule has 0 aliphatic carbocycles. The molecule has 0 saturated carbocycles. The number of aliphatic hydroxyl groups is 1. The predicted molar refractivity (Wildman–Crippen MR) is 133 cm³/mol. The Hall–Kier alpha value is -3.96. The van der Waals surface area contributed by atoms with Crippen molar-refractivity contribution in [2.45, 2.75) is 49.9 Å². The number of aliphatic hydroxyl groups excluding tert-OH is 1. The molecule has 0 bridgehead atoms. The first kappa shape index (κ1) is 27.6. The van der Waals surface area contributed by atoms with E-state index >= 15 is 0 Å². The molecule has 37 heavy (non-hydrogen) atoms. The molecule has 3 amide bonds. The summed E-state index contributed by atoms with van der Waals surface area (Å²) >= 11 is 0. The van der Waals surface area contributed by atoms with Gasteiger partial charge in [0.1, 0.15) is 29.9 Å². The van der Waals surface area contributed by atoms with Gasteiger partial charge in [-0.15, -0.1) is 0 Å². The molecule has 1 saturated heterocycles. The largest absolute Gasteiger partial charge is 0.508 e. The molecule has 1 heterocycles. The highest BCUT2D eigenvalue weighted by molar-refractivity contribution is 5.94. The van der Waals surface area contributed by atoms with Crippen molar-refractivity contribution in [3.63, 3.8) is 0 Å². The first-order valence-corrected chi connectivity index (χ1v) is 12.0. The Morgan fingerprint density at radius 2 is 1.51 bits per heavy atom. The van der Waals surface area contributed by atoms with E-state index < -0.39 is 54.5 Å². The standard InChI is InChI=1S/C26H32N4O7/c27-19(15-31)23(33)28-20(13-16-5-2-1-3-6-16)24(34)29-21(14-17-8-10-18(32)11-9-17)25(35)30-12-4-7-22(30)26(36)37/h1-3,5-6,8-11,19-22,31-32H,4,7,12-15,27H2,(H,28,33)(H,29,34)(H,36,37). The first-order valence-electron chi connectivity index (χ1n) is 12.0. The third-order valence-electron chi connectivity index (χ3n) is 6.26. The Labute approximate surface area is 214 Å². The van der Waals surface area contributed by atoms with Crippen LogP contribution in [0.15, 0.2) is 54.6 Å². The summed E-state index contributed by atoms with van der Waals surface area (Å²) in [5, 5.41) is 33.6. The number of phenols is 1. The summed E-state index contributed by atoms with van der Waals surface area (Å²) in [5.74, 6) is -3.03. The summed E-state index contributed by atoms with van der Waals surface area (Å²) in [6.07, 6.45) is 0.967. The molecule has 4 unspecified atom stereocenters. The summed E-state index contributed by atoms with van der Waals surface area (Å²) in [4.78, 5) is 52.3. The maximum atomic E-state index is 13.5. The van der Waals surface area contributed by atoms with Gasteiger partial charge in [-0.2, -0.15) is 0 Å². The summed E-state index contributed by atoms with van der Waals surface area (Å²) in [6.45, 7) is -0.369. The molecule has 198 valence electrons. The summed E-state index contributed by atoms with van der Waals surface area (Å²) in [7, 11) is 0. The number of carbonyl (C=O) groups excluding carboxylic acids is 3. The molecule has 11 heteroatoms. The second-order valence-electron chi connectivity index (χ2n) is 9.00. The maximum absolute atomic E-state index is 13.5. The van der Waals surface area contributed by atoms with Crippen molar-refractivity contribution >= 4 is 23.7 Å². The predicted octanol–water partition coefficient (Wildman–Crippen LogP) is -0.458. The van der Waals surface area contributed by atoms with Crippen LogP contribution in [0.2, 0.25) is 0 Å². The zero-order chi connectivity index (χ0) is 26.9. The molecule has 2 aromatic carbocycles. The number of nitrogens with one attached hydrogen (secondary N) is 2. The van der Waals surface area contributed by atoms with Crippen molar-refractivity contribution in [1.82, 2.24) is 15.5 Å². The molecular formula is C26H32N4O7. The summed E-state index contributed by atoms with van der Waals surface area (Å²) in [5.41, 5.74) is 6.99. The minimum atomic E-state index is -1.23. The van der Waals surface area contributed by atoms with E-state index in [4.69, 9.17) is 5.73 Å². The lowest BCUT2D eigenvalue weighted by Crippen LogP contribution is -2.58. The van der Waals surface area contributed by atoms with Crippen LogP contribution in [-0.2, 0) is 32.0 Å². The molecule has 0 spiro atoms. The molecule has 4 atom stereocenters. The van der Waals surface area contributed by atoms with Crippen molar-refractivity contribution < 1.29 is 34.5 Å². The van der Waals surface area contributed by atoms with Gasteiger partial charge in [0.05, 0.1) is 6.61 Å². The number of carbonyl (C=O) groups is 4. The average molecular weight is 513 g/mol. The van der Waals surface area contributed by atoms with E-state index in [-0.39, 0.29) is 25.1 Å². The lowest BCUT2D eigenvalue weighted by Gasteiger charge is -2.29. The van der Waals surface area contributed by atoms with Gasteiger partial charge in [-0.3, -0.25) is 14.4 Å². The zero-order valence-corrected chi connectivity index (χ0v) is 20.2. The van der Waals surface area contributed by atoms with Crippen LogP contribution in [0.3, 0.4) is 0 Å². The van der Waals surface area contributed by atoms with Crippen molar-refractivity contribution in [2.75, 3.05) is 13.2 Å². The van der Waals surface area contributed by atoms with Gasteiger partial charge in [0.25, 0.3) is 0 Å². The van der Waals surface area contributed by atoms with Gasteiger partial charge in [0, 0.05) is 19.4 Å². The number of phenolic OH excluding ortho intramolecular Hbond substituents is 1. The van der Waals surface area contributed by atoms with E-state index in [0.717, 1.165) is 5.56 Å². The molecule has 1 fully saturated rings. The molecular weight excluding hydrogens is 480 g/mol. The van der Waals surface area contributed by atoms with Gasteiger partial charge < -0.3 is 36.6 Å². The number of benzene rings is 2. The highest BCUT2D eigenvalue weighted by Crippen LogP contribution is 2.20. The van der Waals surface area contributed by atoms with Crippen LogP contribution in [0.25, 0.3) is 0 Å². The highest BCUT2D eigenvalue weighted by Gasteiger charge is 2.38. The lowest BCUT2D eigenvalue weighted by atomic mass is 10.0. The quantitative estimate of drug-likeness (QED) is 0.234. The Kier molecular flexibility index (Phi) is 9.58. The number of amides is 3. The molecule has 3 rings (SSSR count). The van der Waals surface area contributed by atoms with E-state index in [0.29, 0.717) is 18.4 Å². The number of aromatic hydroxyl groups is 1. The number of hydrogen-bond donors (Lipinski definition) is 6. The van der Waals surface area contributed by atoms with Crippen molar-refractivity contribution in [1.29, 1.82) is 0 Å². The number of carboxylic acid groups (broad SMARTS) is 1. The number of nitrogens with zero attached hydrogens (tertiary/aromatic N) is 1. The van der Waals surface area contributed by atoms with E-state index in [1.54, 1.807) is 42.5 Å². The van der Waals surface area contributed by atoms with Crippen LogP contribution in [0.4, 0.5) is 0 Å². The second kappa shape index (κ2) is 12.8. The van der Waals surface area contributed by atoms with Crippen LogP contribution < -0.4 is 16.4 Å². The third kappa shape index (κ3) is 7.51. The minimum Gasteiger partial charge on any atom is -0.508 e. The van der Waals surface area contributed by atoms with Crippen LogP contribution in [0.5, 0.6) is 5.75 Å². The minimum absolute atomic E-state index is 0.0343. The fourth-order valence-corrected chi connectivity index (χ4v) is 4.25. The highest BCUT2D eigenvalue weighted by atomic mass is 16.4. The van der Waals surface area contributed by atoms with E-state index in [1.807, 2.05) is 0 Å². The molecule has 1 aliphatic rings. The number of carboxylic acids is 1. The van der Waals surface area contributed by atoms with Gasteiger partial charge >= 0.3 is 5.97 Å². The van der Waals surface area contributed by atoms with E-state index in [9.17, 15) is 34.5 Å². The molecule has 0 aromatic heterocycles. The zero-order valence-electron chi connectivity index (χ0n) is 20.2. The Bertz CT molecular complexity index is 1090. The van der Waals surface area contributed by atoms with Crippen LogP contribution in [0, 0.1) is 0 Å². The molecule has 1 aliphatic heterocycles. The van der Waals surface area contributed by atoms with Crippen LogP contribution >= 0.6 is 0 Å². The van der Waals surface area contributed by atoms with Gasteiger partial charge in [0.2, 0.25) is 17.7 Å². The first-order chi connectivity index (χ1) is 17.7. The second-order valence-corrected chi connectivity index (χ2v) is 9.00.